The van der Waals surface area contributed by atoms with E-state index in [1.165, 1.54) is 21.3 Å². The molecule has 36 heavy (non-hydrogen) atoms. The van der Waals surface area contributed by atoms with E-state index >= 15 is 0 Å². The topological polar surface area (TPSA) is 91.3 Å². The number of nitrogens with zero attached hydrogens (tertiary/aromatic N) is 1. The van der Waals surface area contributed by atoms with Crippen LogP contribution in [0.4, 0.5) is 0 Å². The van der Waals surface area contributed by atoms with Crippen LogP contribution in [0.5, 0.6) is 0 Å². The number of aryl methyl sites for hydroxylation is 1. The Bertz CT molecular complexity index is 1220. The smallest absolute Gasteiger partial charge is 0.336 e. The Labute approximate surface area is 232 Å². The van der Waals surface area contributed by atoms with Crippen molar-refractivity contribution in [3.63, 3.8) is 0 Å². The molecular weight excluding hydrogens is 620 g/mol. The zero-order chi connectivity index (χ0) is 26.4. The van der Waals surface area contributed by atoms with E-state index in [9.17, 15) is 14.4 Å². The fourth-order valence-corrected chi connectivity index (χ4v) is 5.52. The molecule has 0 bridgehead atoms. The summed E-state index contributed by atoms with van der Waals surface area (Å²) in [5, 5.41) is 0.498. The molecule has 0 saturated heterocycles. The zero-order valence-electron chi connectivity index (χ0n) is 19.8. The van der Waals surface area contributed by atoms with Crippen molar-refractivity contribution in [1.82, 2.24) is 0 Å². The first-order chi connectivity index (χ1) is 17.2. The van der Waals surface area contributed by atoms with Gasteiger partial charge in [0.15, 0.2) is 0 Å². The van der Waals surface area contributed by atoms with Crippen LogP contribution in [0.1, 0.15) is 29.9 Å². The number of halogens is 3. The van der Waals surface area contributed by atoms with Crippen LogP contribution in [0.15, 0.2) is 58.7 Å². The van der Waals surface area contributed by atoms with Crippen molar-refractivity contribution >= 4 is 69.4 Å². The number of methoxy groups -OCH3 is 3. The van der Waals surface area contributed by atoms with Crippen LogP contribution in [0.2, 0.25) is 10.0 Å². The number of hydrogen-bond donors (Lipinski definition) is 0. The highest BCUT2D eigenvalue weighted by atomic mass is 127. The fraction of sp³-hybridized carbons (Fsp3) is 0.308. The number of carbonyl (C=O) groups excluding carboxylic acids is 3. The summed E-state index contributed by atoms with van der Waals surface area (Å²) in [6.45, 7) is 0. The third kappa shape index (κ3) is 6.10. The van der Waals surface area contributed by atoms with Crippen molar-refractivity contribution in [3.8, 4) is 0 Å². The zero-order valence-corrected chi connectivity index (χ0v) is 23.5. The predicted octanol–water partition coefficient (Wildman–Crippen LogP) is 5.55. The predicted molar refractivity (Wildman–Crippen MR) is 145 cm³/mol. The molecule has 2 aromatic carbocycles. The molecule has 1 aliphatic rings. The van der Waals surface area contributed by atoms with Crippen molar-refractivity contribution in [3.05, 3.63) is 78.5 Å². The molecule has 1 heterocycles. The summed E-state index contributed by atoms with van der Waals surface area (Å²) >= 11 is 15.4. The van der Waals surface area contributed by atoms with E-state index in [-0.39, 0.29) is 27.8 Å². The maximum atomic E-state index is 13.2. The first kappa shape index (κ1) is 28.1. The minimum absolute atomic E-state index is 0.141. The number of benzene rings is 2. The second-order valence-corrected chi connectivity index (χ2v) is 9.89. The van der Waals surface area contributed by atoms with Crippen molar-refractivity contribution in [2.45, 2.75) is 25.2 Å². The van der Waals surface area contributed by atoms with Crippen molar-refractivity contribution < 1.29 is 28.6 Å². The van der Waals surface area contributed by atoms with Crippen LogP contribution in [-0.2, 0) is 35.0 Å². The van der Waals surface area contributed by atoms with E-state index in [1.807, 2.05) is 24.3 Å². The Morgan fingerprint density at radius 3 is 2.17 bits per heavy atom. The molecule has 0 amide bonds. The van der Waals surface area contributed by atoms with Gasteiger partial charge in [0.1, 0.15) is 5.92 Å². The molecule has 0 aliphatic carbocycles. The molecule has 7 nitrogen and oxygen atoms in total. The molecule has 3 rings (SSSR count). The molecule has 1 aliphatic heterocycles. The molecule has 2 atom stereocenters. The van der Waals surface area contributed by atoms with Gasteiger partial charge in [0.25, 0.3) is 0 Å². The number of hydrogen-bond acceptors (Lipinski definition) is 7. The molecule has 10 heteroatoms. The Morgan fingerprint density at radius 1 is 0.917 bits per heavy atom. The third-order valence-corrected chi connectivity index (χ3v) is 7.62. The van der Waals surface area contributed by atoms with Gasteiger partial charge in [-0.25, -0.2) is 4.79 Å². The molecule has 0 N–H and O–H groups in total. The first-order valence-corrected chi connectivity index (χ1v) is 12.8. The van der Waals surface area contributed by atoms with Crippen molar-refractivity contribution in [2.75, 3.05) is 21.3 Å². The van der Waals surface area contributed by atoms with Gasteiger partial charge in [0, 0.05) is 25.2 Å². The van der Waals surface area contributed by atoms with Gasteiger partial charge in [-0.15, -0.1) is 0 Å². The van der Waals surface area contributed by atoms with E-state index in [0.29, 0.717) is 24.1 Å². The normalized spacial score (nSPS) is 17.3. The summed E-state index contributed by atoms with van der Waals surface area (Å²) in [6.07, 6.45) is 0.604. The fourth-order valence-electron chi connectivity index (χ4n) is 4.23. The summed E-state index contributed by atoms with van der Waals surface area (Å²) < 4.78 is 16.1. The van der Waals surface area contributed by atoms with Crippen molar-refractivity contribution in [1.29, 1.82) is 0 Å². The molecule has 2 unspecified atom stereocenters. The summed E-state index contributed by atoms with van der Waals surface area (Å²) in [5.74, 6) is -4.11. The lowest BCUT2D eigenvalue weighted by Crippen LogP contribution is -2.38. The van der Waals surface area contributed by atoms with Crippen LogP contribution in [0.25, 0.3) is 0 Å². The quantitative estimate of drug-likeness (QED) is 0.213. The lowest BCUT2D eigenvalue weighted by Gasteiger charge is -2.33. The van der Waals surface area contributed by atoms with Crippen LogP contribution in [0, 0.1) is 9.49 Å². The summed E-state index contributed by atoms with van der Waals surface area (Å²) in [6, 6.07) is 12.7. The number of esters is 3. The maximum Gasteiger partial charge on any atom is 0.336 e. The Balaban J connectivity index is 2.28. The van der Waals surface area contributed by atoms with Crippen LogP contribution in [0.3, 0.4) is 0 Å². The molecule has 0 fully saturated rings. The average molecular weight is 644 g/mol. The summed E-state index contributed by atoms with van der Waals surface area (Å²) in [7, 11) is 3.71. The number of aliphatic imine (C=N–C) groups is 1. The highest BCUT2D eigenvalue weighted by Gasteiger charge is 2.46. The second-order valence-electron chi connectivity index (χ2n) is 7.91. The first-order valence-electron chi connectivity index (χ1n) is 10.9. The van der Waals surface area contributed by atoms with Crippen LogP contribution in [-0.4, -0.2) is 44.9 Å². The molecule has 0 saturated carbocycles. The minimum Gasteiger partial charge on any atom is -0.469 e. The molecule has 2 aromatic rings. The van der Waals surface area contributed by atoms with Crippen LogP contribution < -0.4 is 0 Å². The van der Waals surface area contributed by atoms with Crippen molar-refractivity contribution in [2.24, 2.45) is 10.9 Å². The van der Waals surface area contributed by atoms with E-state index in [4.69, 9.17) is 37.4 Å². The molecule has 190 valence electrons. The van der Waals surface area contributed by atoms with Gasteiger partial charge in [0.05, 0.1) is 39.0 Å². The van der Waals surface area contributed by atoms with Gasteiger partial charge in [-0.2, -0.15) is 0 Å². The Morgan fingerprint density at radius 2 is 1.58 bits per heavy atom. The number of ether oxygens (including phenoxy) is 3. The summed E-state index contributed by atoms with van der Waals surface area (Å²) in [5.41, 5.74) is 2.12. The van der Waals surface area contributed by atoms with E-state index in [2.05, 4.69) is 27.6 Å². The lowest BCUT2D eigenvalue weighted by molar-refractivity contribution is -0.143. The number of allylic oxidation sites excluding steroid dienone is 1. The lowest BCUT2D eigenvalue weighted by atomic mass is 9.74. The van der Waals surface area contributed by atoms with Gasteiger partial charge in [0.2, 0.25) is 0 Å². The highest BCUT2D eigenvalue weighted by Crippen LogP contribution is 2.46. The van der Waals surface area contributed by atoms with Gasteiger partial charge in [-0.1, -0.05) is 47.5 Å². The largest absolute Gasteiger partial charge is 0.469 e. The minimum atomic E-state index is -1.15. The van der Waals surface area contributed by atoms with Gasteiger partial charge < -0.3 is 14.2 Å². The number of rotatable bonds is 8. The van der Waals surface area contributed by atoms with Gasteiger partial charge in [-0.05, 0) is 64.8 Å². The van der Waals surface area contributed by atoms with Gasteiger partial charge in [-0.3, -0.25) is 14.6 Å². The van der Waals surface area contributed by atoms with E-state index in [1.54, 1.807) is 18.2 Å². The summed E-state index contributed by atoms with van der Waals surface area (Å²) in [4.78, 5) is 43.3. The van der Waals surface area contributed by atoms with Gasteiger partial charge >= 0.3 is 17.9 Å². The van der Waals surface area contributed by atoms with E-state index in [0.717, 1.165) is 9.13 Å². The number of carbonyl (C=O) groups is 3. The highest BCUT2D eigenvalue weighted by molar-refractivity contribution is 14.1. The standard InChI is InChI=1S/C26H24Cl2INO6/c1-34-20(31)13-19-23(26(33)36-3)24(21-15(27)8-6-9-16(21)28)22(25(32)35-2)18(30-19)12-11-14-7-4-5-10-17(14)29/h4-10,23-24H,11-13H2,1-3H3. The third-order valence-electron chi connectivity index (χ3n) is 5.91. The SMILES string of the molecule is COC(=O)CC1=NC(CCc2ccccc2I)=C(C(=O)OC)C(c2c(Cl)cccc2Cl)C1C(=O)OC. The Hall–Kier alpha value is -2.43. The maximum absolute atomic E-state index is 13.2. The average Bonchev–Trinajstić information content (AvgIpc) is 2.87. The monoisotopic (exact) mass is 643 g/mol. The molecule has 0 aromatic heterocycles. The van der Waals surface area contributed by atoms with E-state index < -0.39 is 29.7 Å². The molecule has 0 spiro atoms. The second kappa shape index (κ2) is 12.7. The van der Waals surface area contributed by atoms with Crippen LogP contribution >= 0.6 is 45.8 Å². The Kier molecular flexibility index (Phi) is 9.92. The molecule has 0 radical (unpaired) electrons. The molecular formula is C26H24Cl2INO6.